The number of hydrogen-bond acceptors (Lipinski definition) is 2. The zero-order valence-corrected chi connectivity index (χ0v) is 8.03. The standard InChI is InChI=1S/C10H12N2O/c1-6-4-8-9(11-5-6)7(2)12(3)10(8)13/h4-5,7H,1-3H3. The van der Waals surface area contributed by atoms with Gasteiger partial charge in [-0.25, -0.2) is 0 Å². The molecular formula is C10H12N2O. The third-order valence-corrected chi connectivity index (χ3v) is 2.58. The van der Waals surface area contributed by atoms with Gasteiger partial charge < -0.3 is 4.90 Å². The number of carbonyl (C=O) groups is 1. The van der Waals surface area contributed by atoms with Crippen LogP contribution in [0.2, 0.25) is 0 Å². The second-order valence-corrected chi connectivity index (χ2v) is 3.54. The summed E-state index contributed by atoms with van der Waals surface area (Å²) < 4.78 is 0. The van der Waals surface area contributed by atoms with Crippen molar-refractivity contribution in [2.45, 2.75) is 19.9 Å². The zero-order valence-electron chi connectivity index (χ0n) is 8.03. The highest BCUT2D eigenvalue weighted by atomic mass is 16.2. The van der Waals surface area contributed by atoms with E-state index in [0.717, 1.165) is 16.8 Å². The first-order valence-corrected chi connectivity index (χ1v) is 4.35. The van der Waals surface area contributed by atoms with E-state index in [1.807, 2.05) is 33.2 Å². The molecule has 1 aromatic rings. The third-order valence-electron chi connectivity index (χ3n) is 2.58. The summed E-state index contributed by atoms with van der Waals surface area (Å²) in [4.78, 5) is 17.6. The topological polar surface area (TPSA) is 33.2 Å². The van der Waals surface area contributed by atoms with E-state index in [9.17, 15) is 4.79 Å². The van der Waals surface area contributed by atoms with Crippen LogP contribution in [0.15, 0.2) is 12.3 Å². The predicted molar refractivity (Wildman–Crippen MR) is 49.5 cm³/mol. The predicted octanol–water partition coefficient (Wildman–Crippen LogP) is 1.54. The average Bonchev–Trinajstić information content (AvgIpc) is 2.32. The maximum atomic E-state index is 11.6. The molecule has 2 rings (SSSR count). The van der Waals surface area contributed by atoms with E-state index < -0.39 is 0 Å². The van der Waals surface area contributed by atoms with Gasteiger partial charge in [0.2, 0.25) is 0 Å². The highest BCUT2D eigenvalue weighted by Crippen LogP contribution is 2.29. The molecule has 0 radical (unpaired) electrons. The summed E-state index contributed by atoms with van der Waals surface area (Å²) in [6, 6.07) is 2.02. The Kier molecular flexibility index (Phi) is 1.62. The minimum absolute atomic E-state index is 0.0821. The average molecular weight is 176 g/mol. The molecule has 1 aliphatic rings. The van der Waals surface area contributed by atoms with Crippen LogP contribution in [0.25, 0.3) is 0 Å². The molecule has 2 heterocycles. The molecule has 0 saturated carbocycles. The summed E-state index contributed by atoms with van der Waals surface area (Å²) in [5, 5.41) is 0. The van der Waals surface area contributed by atoms with E-state index in [-0.39, 0.29) is 11.9 Å². The molecule has 3 nitrogen and oxygen atoms in total. The Morgan fingerprint density at radius 2 is 2.23 bits per heavy atom. The van der Waals surface area contributed by atoms with Crippen molar-refractivity contribution in [2.75, 3.05) is 7.05 Å². The van der Waals surface area contributed by atoms with Gasteiger partial charge in [-0.05, 0) is 25.5 Å². The van der Waals surface area contributed by atoms with Crippen LogP contribution in [0.1, 0.15) is 34.6 Å². The number of rotatable bonds is 0. The van der Waals surface area contributed by atoms with Crippen LogP contribution < -0.4 is 0 Å². The summed E-state index contributed by atoms with van der Waals surface area (Å²) in [7, 11) is 1.81. The van der Waals surface area contributed by atoms with Crippen LogP contribution in [0.5, 0.6) is 0 Å². The van der Waals surface area contributed by atoms with Gasteiger partial charge in [0.05, 0.1) is 17.3 Å². The molecule has 1 aliphatic heterocycles. The number of carbonyl (C=O) groups excluding carboxylic acids is 1. The fourth-order valence-electron chi connectivity index (χ4n) is 1.63. The van der Waals surface area contributed by atoms with E-state index in [1.54, 1.807) is 4.90 Å². The Labute approximate surface area is 77.4 Å². The normalized spacial score (nSPS) is 20.7. The number of hydrogen-bond donors (Lipinski definition) is 0. The third kappa shape index (κ3) is 1.03. The maximum absolute atomic E-state index is 11.6. The van der Waals surface area contributed by atoms with Gasteiger partial charge in [0.1, 0.15) is 0 Å². The molecule has 3 heteroatoms. The molecule has 68 valence electrons. The van der Waals surface area contributed by atoms with E-state index in [1.165, 1.54) is 0 Å². The second-order valence-electron chi connectivity index (χ2n) is 3.54. The first-order valence-electron chi connectivity index (χ1n) is 4.35. The fraction of sp³-hybridized carbons (Fsp3) is 0.400. The van der Waals surface area contributed by atoms with Gasteiger partial charge in [0.25, 0.3) is 5.91 Å². The minimum atomic E-state index is 0.0821. The van der Waals surface area contributed by atoms with Gasteiger partial charge in [-0.3, -0.25) is 9.78 Å². The van der Waals surface area contributed by atoms with Gasteiger partial charge in [0, 0.05) is 13.2 Å². The Bertz CT molecular complexity index is 373. The summed E-state index contributed by atoms with van der Waals surface area (Å²) in [6.45, 7) is 3.94. The first-order chi connectivity index (χ1) is 6.11. The highest BCUT2D eigenvalue weighted by molar-refractivity contribution is 5.98. The largest absolute Gasteiger partial charge is 0.333 e. The molecule has 13 heavy (non-hydrogen) atoms. The lowest BCUT2D eigenvalue weighted by Crippen LogP contribution is -2.20. The lowest BCUT2D eigenvalue weighted by molar-refractivity contribution is 0.0783. The van der Waals surface area contributed by atoms with Crippen molar-refractivity contribution in [2.24, 2.45) is 0 Å². The van der Waals surface area contributed by atoms with Gasteiger partial charge in [-0.2, -0.15) is 0 Å². The Morgan fingerprint density at radius 1 is 1.54 bits per heavy atom. The van der Waals surface area contributed by atoms with Crippen molar-refractivity contribution in [1.29, 1.82) is 0 Å². The van der Waals surface area contributed by atoms with Crippen LogP contribution in [-0.4, -0.2) is 22.8 Å². The van der Waals surface area contributed by atoms with Crippen molar-refractivity contribution < 1.29 is 4.79 Å². The molecule has 1 atom stereocenters. The van der Waals surface area contributed by atoms with Crippen LogP contribution in [0.3, 0.4) is 0 Å². The highest BCUT2D eigenvalue weighted by Gasteiger charge is 2.32. The molecule has 1 amide bonds. The second kappa shape index (κ2) is 2.55. The molecular weight excluding hydrogens is 164 g/mol. The van der Waals surface area contributed by atoms with Gasteiger partial charge in [-0.15, -0.1) is 0 Å². The van der Waals surface area contributed by atoms with Crippen LogP contribution in [-0.2, 0) is 0 Å². The molecule has 0 aliphatic carbocycles. The van der Waals surface area contributed by atoms with Crippen LogP contribution >= 0.6 is 0 Å². The molecule has 0 aromatic carbocycles. The quantitative estimate of drug-likeness (QED) is 0.600. The van der Waals surface area contributed by atoms with Crippen LogP contribution in [0.4, 0.5) is 0 Å². The molecule has 1 unspecified atom stereocenters. The van der Waals surface area contributed by atoms with Crippen molar-refractivity contribution in [1.82, 2.24) is 9.88 Å². The smallest absolute Gasteiger partial charge is 0.256 e. The molecule has 0 N–H and O–H groups in total. The number of amides is 1. The molecule has 1 aromatic heterocycles. The van der Waals surface area contributed by atoms with Gasteiger partial charge >= 0.3 is 0 Å². The number of pyridine rings is 1. The first kappa shape index (κ1) is 8.23. The van der Waals surface area contributed by atoms with E-state index in [2.05, 4.69) is 4.98 Å². The molecule has 0 fully saturated rings. The summed E-state index contributed by atoms with van der Waals surface area (Å²) in [5.41, 5.74) is 2.70. The Morgan fingerprint density at radius 3 is 2.92 bits per heavy atom. The summed E-state index contributed by atoms with van der Waals surface area (Å²) >= 11 is 0. The molecule has 0 saturated heterocycles. The number of aryl methyl sites for hydroxylation is 1. The van der Waals surface area contributed by atoms with Crippen molar-refractivity contribution in [3.63, 3.8) is 0 Å². The van der Waals surface area contributed by atoms with E-state index >= 15 is 0 Å². The lowest BCUT2D eigenvalue weighted by atomic mass is 10.1. The number of fused-ring (bicyclic) bond motifs is 1. The summed E-state index contributed by atoms with van der Waals surface area (Å²) in [6.07, 6.45) is 1.81. The minimum Gasteiger partial charge on any atom is -0.333 e. The van der Waals surface area contributed by atoms with E-state index in [0.29, 0.717) is 0 Å². The van der Waals surface area contributed by atoms with Crippen molar-refractivity contribution >= 4 is 5.91 Å². The molecule has 0 bridgehead atoms. The fourth-order valence-corrected chi connectivity index (χ4v) is 1.63. The molecule has 0 spiro atoms. The number of aromatic nitrogens is 1. The zero-order chi connectivity index (χ0) is 9.59. The monoisotopic (exact) mass is 176 g/mol. The Balaban J connectivity index is 2.60. The Hall–Kier alpha value is -1.38. The number of nitrogens with zero attached hydrogens (tertiary/aromatic N) is 2. The maximum Gasteiger partial charge on any atom is 0.256 e. The summed E-state index contributed by atoms with van der Waals surface area (Å²) in [5.74, 6) is 0.0821. The van der Waals surface area contributed by atoms with Crippen molar-refractivity contribution in [3.05, 3.63) is 29.1 Å². The van der Waals surface area contributed by atoms with Crippen molar-refractivity contribution in [3.8, 4) is 0 Å². The lowest BCUT2D eigenvalue weighted by Gasteiger charge is -2.13. The van der Waals surface area contributed by atoms with E-state index in [4.69, 9.17) is 0 Å². The van der Waals surface area contributed by atoms with Gasteiger partial charge in [-0.1, -0.05) is 0 Å². The SMILES string of the molecule is Cc1cnc2c(c1)C(=O)N(C)C2C. The van der Waals surface area contributed by atoms with Crippen LogP contribution in [0, 0.1) is 6.92 Å². The van der Waals surface area contributed by atoms with Gasteiger partial charge in [0.15, 0.2) is 0 Å².